The maximum Gasteiger partial charge on any atom is 0.237 e. The molecule has 1 unspecified atom stereocenters. The van der Waals surface area contributed by atoms with Gasteiger partial charge in [-0.3, -0.25) is 9.59 Å². The molecule has 0 bridgehead atoms. The van der Waals surface area contributed by atoms with Crippen molar-refractivity contribution in [2.75, 3.05) is 5.32 Å². The van der Waals surface area contributed by atoms with Crippen LogP contribution in [0.3, 0.4) is 0 Å². The van der Waals surface area contributed by atoms with Crippen LogP contribution in [0.15, 0.2) is 29.4 Å². The van der Waals surface area contributed by atoms with Crippen molar-refractivity contribution < 1.29 is 9.59 Å². The quantitative estimate of drug-likeness (QED) is 0.661. The summed E-state index contributed by atoms with van der Waals surface area (Å²) in [5.74, 6) is -0.220. The molecule has 0 saturated heterocycles. The summed E-state index contributed by atoms with van der Waals surface area (Å²) in [4.78, 5) is 23.8. The lowest BCUT2D eigenvalue weighted by molar-refractivity contribution is -0.115. The van der Waals surface area contributed by atoms with Crippen molar-refractivity contribution in [3.8, 4) is 0 Å². The van der Waals surface area contributed by atoms with E-state index < -0.39 is 5.25 Å². The van der Waals surface area contributed by atoms with Crippen molar-refractivity contribution in [2.45, 2.75) is 50.6 Å². The molecule has 0 aliphatic carbocycles. The molecule has 0 radical (unpaired) electrons. The molecule has 1 N–H and O–H groups in total. The van der Waals surface area contributed by atoms with Gasteiger partial charge in [-0.05, 0) is 57.2 Å². The van der Waals surface area contributed by atoms with Crippen LogP contribution in [0.5, 0.6) is 0 Å². The number of benzene rings is 1. The second kappa shape index (κ2) is 7.12. The lowest BCUT2D eigenvalue weighted by atomic mass is 10.1. The average Bonchev–Trinajstić information content (AvgIpc) is 2.95. The van der Waals surface area contributed by atoms with E-state index in [9.17, 15) is 9.59 Å². The standard InChI is InChI=1S/C16H21N5O2S/c1-10(22)12-7-6-8-13(9-12)17-14(23)11(2)24-15-18-19-20-21(15)16(3,4)5/h6-9,11H,1-5H3,(H,17,23). The molecule has 0 saturated carbocycles. The predicted molar refractivity (Wildman–Crippen MR) is 93.2 cm³/mol. The van der Waals surface area contributed by atoms with Gasteiger partial charge < -0.3 is 5.32 Å². The monoisotopic (exact) mass is 347 g/mol. The van der Waals surface area contributed by atoms with Gasteiger partial charge in [0, 0.05) is 11.3 Å². The number of anilines is 1. The molecule has 2 rings (SSSR count). The summed E-state index contributed by atoms with van der Waals surface area (Å²) < 4.78 is 1.69. The van der Waals surface area contributed by atoms with Crippen LogP contribution < -0.4 is 5.32 Å². The van der Waals surface area contributed by atoms with Crippen molar-refractivity contribution in [3.63, 3.8) is 0 Å². The van der Waals surface area contributed by atoms with Crippen molar-refractivity contribution in [2.24, 2.45) is 0 Å². The van der Waals surface area contributed by atoms with Crippen LogP contribution in [0.25, 0.3) is 0 Å². The Labute approximate surface area is 145 Å². The third kappa shape index (κ3) is 4.41. The SMILES string of the molecule is CC(=O)c1cccc(NC(=O)C(C)Sc2nnnn2C(C)(C)C)c1. The first-order valence-electron chi connectivity index (χ1n) is 7.56. The highest BCUT2D eigenvalue weighted by Crippen LogP contribution is 2.25. The van der Waals surface area contributed by atoms with E-state index in [1.807, 2.05) is 20.8 Å². The number of hydrogen-bond donors (Lipinski definition) is 1. The number of Topliss-reactive ketones (excluding diaryl/α,β-unsaturated/α-hetero) is 1. The molecular weight excluding hydrogens is 326 g/mol. The Hall–Kier alpha value is -2.22. The van der Waals surface area contributed by atoms with Gasteiger partial charge in [0.2, 0.25) is 11.1 Å². The number of tetrazole rings is 1. The average molecular weight is 347 g/mol. The van der Waals surface area contributed by atoms with Gasteiger partial charge >= 0.3 is 0 Å². The summed E-state index contributed by atoms with van der Waals surface area (Å²) in [7, 11) is 0. The van der Waals surface area contributed by atoms with E-state index in [1.165, 1.54) is 18.7 Å². The van der Waals surface area contributed by atoms with E-state index in [-0.39, 0.29) is 17.2 Å². The Kier molecular flexibility index (Phi) is 5.38. The van der Waals surface area contributed by atoms with Crippen molar-refractivity contribution in [1.82, 2.24) is 20.2 Å². The highest BCUT2D eigenvalue weighted by Gasteiger charge is 2.24. The van der Waals surface area contributed by atoms with Gasteiger partial charge in [0.05, 0.1) is 10.8 Å². The zero-order valence-corrected chi connectivity index (χ0v) is 15.2. The first-order valence-corrected chi connectivity index (χ1v) is 8.44. The molecule has 0 aliphatic rings. The number of ketones is 1. The number of thioether (sulfide) groups is 1. The van der Waals surface area contributed by atoms with E-state index in [0.717, 1.165) is 0 Å². The van der Waals surface area contributed by atoms with Gasteiger partial charge in [0.1, 0.15) is 0 Å². The largest absolute Gasteiger partial charge is 0.325 e. The fourth-order valence-corrected chi connectivity index (χ4v) is 2.92. The van der Waals surface area contributed by atoms with Crippen LogP contribution in [-0.4, -0.2) is 37.1 Å². The summed E-state index contributed by atoms with van der Waals surface area (Å²) in [5, 5.41) is 14.7. The molecule has 1 atom stereocenters. The highest BCUT2D eigenvalue weighted by molar-refractivity contribution is 8.00. The number of rotatable bonds is 5. The summed E-state index contributed by atoms with van der Waals surface area (Å²) in [5.41, 5.74) is 0.887. The first-order chi connectivity index (χ1) is 11.2. The lowest BCUT2D eigenvalue weighted by Gasteiger charge is -2.20. The summed E-state index contributed by atoms with van der Waals surface area (Å²) in [6, 6.07) is 6.87. The Morgan fingerprint density at radius 3 is 2.62 bits per heavy atom. The molecule has 1 amide bonds. The van der Waals surface area contributed by atoms with E-state index in [1.54, 1.807) is 35.9 Å². The van der Waals surface area contributed by atoms with Crippen molar-refractivity contribution in [3.05, 3.63) is 29.8 Å². The van der Waals surface area contributed by atoms with Crippen LogP contribution in [0.4, 0.5) is 5.69 Å². The number of nitrogens with one attached hydrogen (secondary N) is 1. The zero-order chi connectivity index (χ0) is 17.9. The summed E-state index contributed by atoms with van der Waals surface area (Å²) >= 11 is 1.29. The predicted octanol–water partition coefficient (Wildman–Crippen LogP) is 2.75. The van der Waals surface area contributed by atoms with Crippen LogP contribution in [0.1, 0.15) is 45.0 Å². The minimum atomic E-state index is -0.391. The second-order valence-corrected chi connectivity index (χ2v) is 7.74. The van der Waals surface area contributed by atoms with Gasteiger partial charge in [-0.1, -0.05) is 23.9 Å². The van der Waals surface area contributed by atoms with E-state index in [0.29, 0.717) is 16.4 Å². The Morgan fingerprint density at radius 2 is 2.00 bits per heavy atom. The zero-order valence-electron chi connectivity index (χ0n) is 14.4. The van der Waals surface area contributed by atoms with Gasteiger partial charge in [0.15, 0.2) is 5.78 Å². The Balaban J connectivity index is 2.07. The molecule has 1 heterocycles. The topological polar surface area (TPSA) is 89.8 Å². The smallest absolute Gasteiger partial charge is 0.237 e. The van der Waals surface area contributed by atoms with Crippen LogP contribution in [0.2, 0.25) is 0 Å². The highest BCUT2D eigenvalue weighted by atomic mass is 32.2. The molecule has 128 valence electrons. The number of nitrogens with zero attached hydrogens (tertiary/aromatic N) is 4. The molecule has 0 aliphatic heterocycles. The second-order valence-electron chi connectivity index (χ2n) is 6.43. The third-order valence-corrected chi connectivity index (χ3v) is 4.30. The van der Waals surface area contributed by atoms with E-state index in [4.69, 9.17) is 0 Å². The van der Waals surface area contributed by atoms with E-state index in [2.05, 4.69) is 20.8 Å². The van der Waals surface area contributed by atoms with Crippen LogP contribution >= 0.6 is 11.8 Å². The van der Waals surface area contributed by atoms with Crippen LogP contribution in [0, 0.1) is 0 Å². The fourth-order valence-electron chi connectivity index (χ4n) is 1.94. The number of carbonyl (C=O) groups is 2. The van der Waals surface area contributed by atoms with Gasteiger partial charge in [-0.2, -0.15) is 0 Å². The Bertz CT molecular complexity index is 751. The normalized spacial score (nSPS) is 12.7. The number of carbonyl (C=O) groups excluding carboxylic acids is 2. The Morgan fingerprint density at radius 1 is 1.29 bits per heavy atom. The fraction of sp³-hybridized carbons (Fsp3) is 0.438. The molecular formula is C16H21N5O2S. The summed E-state index contributed by atoms with van der Waals surface area (Å²) in [6.07, 6.45) is 0. The minimum Gasteiger partial charge on any atom is -0.325 e. The van der Waals surface area contributed by atoms with Crippen molar-refractivity contribution in [1.29, 1.82) is 0 Å². The molecule has 0 fully saturated rings. The number of amides is 1. The number of aromatic nitrogens is 4. The van der Waals surface area contributed by atoms with Gasteiger partial charge in [-0.15, -0.1) is 5.10 Å². The third-order valence-electron chi connectivity index (χ3n) is 3.26. The lowest BCUT2D eigenvalue weighted by Crippen LogP contribution is -2.27. The molecule has 0 spiro atoms. The van der Waals surface area contributed by atoms with Crippen LogP contribution in [-0.2, 0) is 10.3 Å². The molecule has 1 aromatic heterocycles. The molecule has 24 heavy (non-hydrogen) atoms. The minimum absolute atomic E-state index is 0.0436. The van der Waals surface area contributed by atoms with Crippen molar-refractivity contribution >= 4 is 29.1 Å². The molecule has 1 aromatic carbocycles. The maximum absolute atomic E-state index is 12.4. The molecule has 8 heteroatoms. The van der Waals surface area contributed by atoms with E-state index >= 15 is 0 Å². The van der Waals surface area contributed by atoms with Gasteiger partial charge in [0.25, 0.3) is 0 Å². The first kappa shape index (κ1) is 18.1. The van der Waals surface area contributed by atoms with Gasteiger partial charge in [-0.25, -0.2) is 4.68 Å². The summed E-state index contributed by atoms with van der Waals surface area (Å²) in [6.45, 7) is 9.25. The maximum atomic E-state index is 12.4. The number of hydrogen-bond acceptors (Lipinski definition) is 6. The molecule has 7 nitrogen and oxygen atoms in total. The molecule has 2 aromatic rings.